The van der Waals surface area contributed by atoms with Crippen LogP contribution in [0.4, 0.5) is 28.8 Å². The molecule has 3 aromatic rings. The lowest BCUT2D eigenvalue weighted by Crippen LogP contribution is -2.05. The minimum Gasteiger partial charge on any atom is -0.360 e. The Morgan fingerprint density at radius 1 is 1.08 bits per heavy atom. The topological polar surface area (TPSA) is 119 Å². The molecule has 3 rings (SSSR count). The van der Waals surface area contributed by atoms with Crippen molar-refractivity contribution in [3.05, 3.63) is 58.1 Å². The summed E-state index contributed by atoms with van der Waals surface area (Å²) in [4.78, 5) is 18.8. The molecule has 122 valence electrons. The van der Waals surface area contributed by atoms with E-state index in [1.54, 1.807) is 13.0 Å². The summed E-state index contributed by atoms with van der Waals surface area (Å²) < 4.78 is 4.93. The fourth-order valence-corrected chi connectivity index (χ4v) is 2.05. The molecule has 9 nitrogen and oxygen atoms in total. The second-order valence-electron chi connectivity index (χ2n) is 5.12. The van der Waals surface area contributed by atoms with Crippen LogP contribution in [0.2, 0.25) is 0 Å². The van der Waals surface area contributed by atoms with Crippen LogP contribution in [0.5, 0.6) is 0 Å². The number of rotatable bonds is 5. The molecule has 24 heavy (non-hydrogen) atoms. The van der Waals surface area contributed by atoms with Gasteiger partial charge in [-0.15, -0.1) is 0 Å². The molecule has 0 saturated heterocycles. The third kappa shape index (κ3) is 3.29. The van der Waals surface area contributed by atoms with E-state index >= 15 is 0 Å². The molecule has 0 aliphatic heterocycles. The fraction of sp³-hybridized carbons (Fsp3) is 0.133. The summed E-state index contributed by atoms with van der Waals surface area (Å²) in [5.41, 5.74) is 1.49. The average molecular weight is 326 g/mol. The maximum absolute atomic E-state index is 11.5. The molecule has 0 radical (unpaired) electrons. The lowest BCUT2D eigenvalue weighted by molar-refractivity contribution is -0.383. The summed E-state index contributed by atoms with van der Waals surface area (Å²) in [6.07, 6.45) is 1.23. The molecule has 0 fully saturated rings. The van der Waals surface area contributed by atoms with E-state index < -0.39 is 4.92 Å². The summed E-state index contributed by atoms with van der Waals surface area (Å²) in [6, 6.07) is 9.03. The predicted octanol–water partition coefficient (Wildman–Crippen LogP) is 3.48. The van der Waals surface area contributed by atoms with Crippen LogP contribution in [-0.2, 0) is 0 Å². The van der Waals surface area contributed by atoms with Gasteiger partial charge >= 0.3 is 5.69 Å². The molecule has 2 aromatic heterocycles. The number of anilines is 4. The van der Waals surface area contributed by atoms with Crippen LogP contribution >= 0.6 is 0 Å². The summed E-state index contributed by atoms with van der Waals surface area (Å²) in [6.45, 7) is 3.68. The van der Waals surface area contributed by atoms with E-state index in [9.17, 15) is 10.1 Å². The highest BCUT2D eigenvalue weighted by atomic mass is 16.6. The van der Waals surface area contributed by atoms with Crippen molar-refractivity contribution < 1.29 is 9.45 Å². The van der Waals surface area contributed by atoms with Crippen LogP contribution < -0.4 is 10.6 Å². The van der Waals surface area contributed by atoms with Crippen LogP contribution in [0.1, 0.15) is 11.3 Å². The van der Waals surface area contributed by atoms with Gasteiger partial charge in [-0.1, -0.05) is 22.9 Å². The molecule has 0 amide bonds. The van der Waals surface area contributed by atoms with Crippen molar-refractivity contribution in [2.24, 2.45) is 0 Å². The third-order valence-corrected chi connectivity index (χ3v) is 3.19. The number of benzene rings is 1. The molecular weight excluding hydrogens is 312 g/mol. The number of hydrogen-bond donors (Lipinski definition) is 2. The largest absolute Gasteiger partial charge is 0.360 e. The van der Waals surface area contributed by atoms with Crippen molar-refractivity contribution in [2.75, 3.05) is 10.6 Å². The van der Waals surface area contributed by atoms with Gasteiger partial charge in [-0.3, -0.25) is 10.1 Å². The number of hydrogen-bond acceptors (Lipinski definition) is 8. The van der Waals surface area contributed by atoms with Gasteiger partial charge in [0.25, 0.3) is 0 Å². The zero-order chi connectivity index (χ0) is 17.1. The smallest absolute Gasteiger partial charge is 0.353 e. The normalized spacial score (nSPS) is 10.4. The van der Waals surface area contributed by atoms with Crippen molar-refractivity contribution in [3.63, 3.8) is 0 Å². The predicted molar refractivity (Wildman–Crippen MR) is 87.7 cm³/mol. The standard InChI is InChI=1S/C15H14N6O3/c1-9-3-5-11(6-4-9)18-14-13(21(22)23)15(17-8-16-14)19-12-7-10(2)24-20-12/h3-8H,1-2H3,(H2,16,17,18,19,20). The Hall–Kier alpha value is -3.49. The zero-order valence-electron chi connectivity index (χ0n) is 13.0. The summed E-state index contributed by atoms with van der Waals surface area (Å²) >= 11 is 0. The minimum absolute atomic E-state index is 0.0258. The number of aromatic nitrogens is 3. The maximum atomic E-state index is 11.5. The summed E-state index contributed by atoms with van der Waals surface area (Å²) in [5.74, 6) is 1.02. The molecule has 0 aliphatic rings. The van der Waals surface area contributed by atoms with Crippen LogP contribution in [0, 0.1) is 24.0 Å². The highest BCUT2D eigenvalue weighted by Gasteiger charge is 2.24. The number of nitrogens with one attached hydrogen (secondary N) is 2. The van der Waals surface area contributed by atoms with E-state index in [1.165, 1.54) is 6.33 Å². The first-order valence-corrected chi connectivity index (χ1v) is 7.06. The van der Waals surface area contributed by atoms with Crippen LogP contribution in [0.3, 0.4) is 0 Å². The highest BCUT2D eigenvalue weighted by molar-refractivity contribution is 5.76. The maximum Gasteiger partial charge on any atom is 0.353 e. The van der Waals surface area contributed by atoms with Crippen LogP contribution in [0.15, 0.2) is 41.2 Å². The molecule has 0 bridgehead atoms. The highest BCUT2D eigenvalue weighted by Crippen LogP contribution is 2.32. The van der Waals surface area contributed by atoms with Crippen molar-refractivity contribution in [2.45, 2.75) is 13.8 Å². The first-order valence-electron chi connectivity index (χ1n) is 7.06. The van der Waals surface area contributed by atoms with Crippen molar-refractivity contribution >= 4 is 28.8 Å². The first kappa shape index (κ1) is 15.4. The lowest BCUT2D eigenvalue weighted by atomic mass is 10.2. The van der Waals surface area contributed by atoms with Gasteiger partial charge in [0, 0.05) is 11.8 Å². The second-order valence-corrected chi connectivity index (χ2v) is 5.12. The Balaban J connectivity index is 1.95. The SMILES string of the molecule is Cc1ccc(Nc2ncnc(Nc3cc(C)on3)c2[N+](=O)[O-])cc1. The monoisotopic (exact) mass is 326 g/mol. The quantitative estimate of drug-likeness (QED) is 0.540. The average Bonchev–Trinajstić information content (AvgIpc) is 2.94. The molecule has 1 aromatic carbocycles. The Kier molecular flexibility index (Phi) is 4.06. The Labute approximate surface area is 136 Å². The van der Waals surface area contributed by atoms with Gasteiger partial charge in [-0.25, -0.2) is 9.97 Å². The Bertz CT molecular complexity index is 875. The van der Waals surface area contributed by atoms with Gasteiger partial charge in [0.15, 0.2) is 5.82 Å². The summed E-state index contributed by atoms with van der Waals surface area (Å²) in [5, 5.41) is 20.9. The molecule has 2 heterocycles. The van der Waals surface area contributed by atoms with Crippen molar-refractivity contribution in [1.82, 2.24) is 15.1 Å². The molecule has 0 saturated carbocycles. The third-order valence-electron chi connectivity index (χ3n) is 3.19. The van der Waals surface area contributed by atoms with Gasteiger partial charge in [0.2, 0.25) is 11.6 Å². The van der Waals surface area contributed by atoms with Crippen LogP contribution in [0.25, 0.3) is 0 Å². The second kappa shape index (κ2) is 6.32. The van der Waals surface area contributed by atoms with Crippen LogP contribution in [-0.4, -0.2) is 20.0 Å². The van der Waals surface area contributed by atoms with Crippen molar-refractivity contribution in [1.29, 1.82) is 0 Å². The zero-order valence-corrected chi connectivity index (χ0v) is 13.0. The van der Waals surface area contributed by atoms with Crippen molar-refractivity contribution in [3.8, 4) is 0 Å². The van der Waals surface area contributed by atoms with Gasteiger partial charge in [-0.05, 0) is 26.0 Å². The number of nitro groups is 1. The van der Waals surface area contributed by atoms with Gasteiger partial charge in [0.05, 0.1) is 4.92 Å². The first-order chi connectivity index (χ1) is 11.5. The molecule has 0 unspecified atom stereocenters. The molecular formula is C15H14N6O3. The molecule has 0 atom stereocenters. The van der Waals surface area contributed by atoms with E-state index in [4.69, 9.17) is 4.52 Å². The van der Waals surface area contributed by atoms with E-state index in [1.807, 2.05) is 31.2 Å². The lowest BCUT2D eigenvalue weighted by Gasteiger charge is -2.09. The van der Waals surface area contributed by atoms with Gasteiger partial charge in [-0.2, -0.15) is 0 Å². The summed E-state index contributed by atoms with van der Waals surface area (Å²) in [7, 11) is 0. The minimum atomic E-state index is -0.550. The molecule has 9 heteroatoms. The van der Waals surface area contributed by atoms with E-state index in [2.05, 4.69) is 25.8 Å². The Morgan fingerprint density at radius 2 is 1.75 bits per heavy atom. The number of nitrogens with zero attached hydrogens (tertiary/aromatic N) is 4. The Morgan fingerprint density at radius 3 is 2.33 bits per heavy atom. The fourth-order valence-electron chi connectivity index (χ4n) is 2.05. The van der Waals surface area contributed by atoms with Gasteiger partial charge < -0.3 is 15.2 Å². The van der Waals surface area contributed by atoms with E-state index in [0.29, 0.717) is 17.3 Å². The van der Waals surface area contributed by atoms with Gasteiger partial charge in [0.1, 0.15) is 12.1 Å². The molecule has 0 spiro atoms. The molecule has 2 N–H and O–H groups in total. The van der Waals surface area contributed by atoms with E-state index in [-0.39, 0.29) is 17.3 Å². The van der Waals surface area contributed by atoms with E-state index in [0.717, 1.165) is 5.56 Å². The molecule has 0 aliphatic carbocycles. The number of aryl methyl sites for hydroxylation is 2.